The molecule has 1 aliphatic rings. The van der Waals surface area contributed by atoms with Crippen LogP contribution in [-0.2, 0) is 4.74 Å². The van der Waals surface area contributed by atoms with Crippen molar-refractivity contribution in [3.8, 4) is 0 Å². The third-order valence-electron chi connectivity index (χ3n) is 4.08. The van der Waals surface area contributed by atoms with E-state index in [-0.39, 0.29) is 5.91 Å². The van der Waals surface area contributed by atoms with Gasteiger partial charge in [0.15, 0.2) is 5.69 Å². The Balaban J connectivity index is 1.62. The highest BCUT2D eigenvalue weighted by atomic mass is 16.5. The fourth-order valence-electron chi connectivity index (χ4n) is 2.87. The summed E-state index contributed by atoms with van der Waals surface area (Å²) in [5.41, 5.74) is 2.89. The molecule has 122 valence electrons. The molecule has 0 saturated carbocycles. The predicted molar refractivity (Wildman–Crippen MR) is 91.3 cm³/mol. The first-order chi connectivity index (χ1) is 11.8. The highest BCUT2D eigenvalue weighted by molar-refractivity contribution is 6.11. The molecular formula is C17H17N5O2. The van der Waals surface area contributed by atoms with Gasteiger partial charge in [0.25, 0.3) is 5.91 Å². The molecule has 2 aromatic heterocycles. The number of nitrogens with one attached hydrogen (secondary N) is 2. The molecule has 2 N–H and O–H groups in total. The van der Waals surface area contributed by atoms with Gasteiger partial charge in [0, 0.05) is 25.5 Å². The Morgan fingerprint density at radius 1 is 1.21 bits per heavy atom. The zero-order chi connectivity index (χ0) is 16.4. The molecule has 1 aromatic carbocycles. The molecule has 7 heteroatoms. The number of amides is 1. The minimum atomic E-state index is -0.255. The number of aromatic nitrogens is 3. The molecule has 1 amide bonds. The van der Waals surface area contributed by atoms with Crippen LogP contribution in [0.3, 0.4) is 0 Å². The minimum absolute atomic E-state index is 0.255. The quantitative estimate of drug-likeness (QED) is 0.771. The lowest BCUT2D eigenvalue weighted by molar-refractivity contribution is 0.102. The first-order valence-corrected chi connectivity index (χ1v) is 7.84. The van der Waals surface area contributed by atoms with E-state index in [1.807, 2.05) is 24.3 Å². The average molecular weight is 323 g/mol. The zero-order valence-corrected chi connectivity index (χ0v) is 13.0. The number of morpholine rings is 1. The number of nitrogens with zero attached hydrogens (tertiary/aromatic N) is 3. The summed E-state index contributed by atoms with van der Waals surface area (Å²) in [5.74, 6) is -0.255. The van der Waals surface area contributed by atoms with E-state index in [1.54, 1.807) is 18.5 Å². The Kier molecular flexibility index (Phi) is 3.84. The number of fused-ring (bicyclic) bond motifs is 1. The van der Waals surface area contributed by atoms with Crippen LogP contribution in [0.2, 0.25) is 0 Å². The fourth-order valence-corrected chi connectivity index (χ4v) is 2.87. The smallest absolute Gasteiger partial charge is 0.276 e. The largest absolute Gasteiger partial charge is 0.378 e. The van der Waals surface area contributed by atoms with Gasteiger partial charge < -0.3 is 15.0 Å². The highest BCUT2D eigenvalue weighted by Gasteiger charge is 2.18. The molecule has 1 saturated heterocycles. The van der Waals surface area contributed by atoms with Crippen molar-refractivity contribution in [3.63, 3.8) is 0 Å². The number of hydrogen-bond donors (Lipinski definition) is 2. The SMILES string of the molecule is O=C(Nc1ccccc1N1CCOCC1)c1n[nH]c2ccncc12. The molecule has 1 aliphatic heterocycles. The summed E-state index contributed by atoms with van der Waals surface area (Å²) >= 11 is 0. The number of anilines is 2. The number of carbonyl (C=O) groups is 1. The van der Waals surface area contributed by atoms with Gasteiger partial charge in [-0.25, -0.2) is 0 Å². The number of rotatable bonds is 3. The summed E-state index contributed by atoms with van der Waals surface area (Å²) in [6.45, 7) is 3.00. The molecular weight excluding hydrogens is 306 g/mol. The number of aromatic amines is 1. The van der Waals surface area contributed by atoms with E-state index in [0.717, 1.165) is 30.0 Å². The van der Waals surface area contributed by atoms with E-state index in [0.29, 0.717) is 24.3 Å². The normalized spacial score (nSPS) is 14.8. The van der Waals surface area contributed by atoms with Crippen molar-refractivity contribution in [1.82, 2.24) is 15.2 Å². The molecule has 24 heavy (non-hydrogen) atoms. The molecule has 4 rings (SSSR count). The number of pyridine rings is 1. The number of ether oxygens (including phenoxy) is 1. The van der Waals surface area contributed by atoms with Gasteiger partial charge >= 0.3 is 0 Å². The van der Waals surface area contributed by atoms with Gasteiger partial charge in [-0.15, -0.1) is 0 Å². The maximum atomic E-state index is 12.7. The van der Waals surface area contributed by atoms with Crippen molar-refractivity contribution in [2.24, 2.45) is 0 Å². The van der Waals surface area contributed by atoms with Crippen LogP contribution in [-0.4, -0.2) is 47.4 Å². The van der Waals surface area contributed by atoms with E-state index >= 15 is 0 Å². The number of carbonyl (C=O) groups excluding carboxylic acids is 1. The zero-order valence-electron chi connectivity index (χ0n) is 13.0. The van der Waals surface area contributed by atoms with E-state index < -0.39 is 0 Å². The summed E-state index contributed by atoms with van der Waals surface area (Å²) in [4.78, 5) is 18.9. The second-order valence-electron chi connectivity index (χ2n) is 5.56. The Bertz CT molecular complexity index is 870. The molecule has 1 fully saturated rings. The van der Waals surface area contributed by atoms with Gasteiger partial charge in [0.1, 0.15) is 0 Å². The molecule has 0 atom stereocenters. The Morgan fingerprint density at radius 3 is 2.92 bits per heavy atom. The summed E-state index contributed by atoms with van der Waals surface area (Å²) < 4.78 is 5.40. The molecule has 3 aromatic rings. The monoisotopic (exact) mass is 323 g/mol. The van der Waals surface area contributed by atoms with E-state index in [4.69, 9.17) is 4.74 Å². The first kappa shape index (κ1) is 14.6. The Hall–Kier alpha value is -2.93. The van der Waals surface area contributed by atoms with Crippen LogP contribution in [0, 0.1) is 0 Å². The third kappa shape index (κ3) is 2.69. The van der Waals surface area contributed by atoms with Gasteiger partial charge in [-0.1, -0.05) is 12.1 Å². The van der Waals surface area contributed by atoms with E-state index in [1.165, 1.54) is 0 Å². The van der Waals surface area contributed by atoms with Crippen molar-refractivity contribution < 1.29 is 9.53 Å². The molecule has 3 heterocycles. The van der Waals surface area contributed by atoms with Crippen LogP contribution in [0.25, 0.3) is 10.9 Å². The second-order valence-corrected chi connectivity index (χ2v) is 5.56. The topological polar surface area (TPSA) is 83.1 Å². The van der Waals surface area contributed by atoms with Crippen LogP contribution in [0.5, 0.6) is 0 Å². The van der Waals surface area contributed by atoms with Crippen molar-refractivity contribution in [2.75, 3.05) is 36.5 Å². The van der Waals surface area contributed by atoms with Crippen molar-refractivity contribution in [2.45, 2.75) is 0 Å². The lowest BCUT2D eigenvalue weighted by atomic mass is 10.2. The van der Waals surface area contributed by atoms with E-state index in [2.05, 4.69) is 25.4 Å². The number of H-pyrrole nitrogens is 1. The average Bonchev–Trinajstić information content (AvgIpc) is 3.07. The molecule has 0 radical (unpaired) electrons. The van der Waals surface area contributed by atoms with Gasteiger partial charge in [-0.05, 0) is 18.2 Å². The molecule has 0 spiro atoms. The Labute approximate surface area is 138 Å². The van der Waals surface area contributed by atoms with Gasteiger partial charge in [-0.3, -0.25) is 14.9 Å². The fraction of sp³-hybridized carbons (Fsp3) is 0.235. The third-order valence-corrected chi connectivity index (χ3v) is 4.08. The predicted octanol–water partition coefficient (Wildman–Crippen LogP) is 2.05. The number of benzene rings is 1. The summed E-state index contributed by atoms with van der Waals surface area (Å²) in [5, 5.41) is 10.7. The lowest BCUT2D eigenvalue weighted by Crippen LogP contribution is -2.36. The van der Waals surface area contributed by atoms with Crippen LogP contribution in [0.15, 0.2) is 42.7 Å². The van der Waals surface area contributed by atoms with Crippen molar-refractivity contribution in [3.05, 3.63) is 48.4 Å². The summed E-state index contributed by atoms with van der Waals surface area (Å²) in [6.07, 6.45) is 3.30. The molecule has 7 nitrogen and oxygen atoms in total. The molecule has 0 aliphatic carbocycles. The minimum Gasteiger partial charge on any atom is -0.378 e. The van der Waals surface area contributed by atoms with Gasteiger partial charge in [-0.2, -0.15) is 5.10 Å². The summed E-state index contributed by atoms with van der Waals surface area (Å²) in [7, 11) is 0. The van der Waals surface area contributed by atoms with Gasteiger partial charge in [0.2, 0.25) is 0 Å². The van der Waals surface area contributed by atoms with Gasteiger partial charge in [0.05, 0.1) is 35.5 Å². The first-order valence-electron chi connectivity index (χ1n) is 7.84. The van der Waals surface area contributed by atoms with Crippen LogP contribution in [0.1, 0.15) is 10.5 Å². The van der Waals surface area contributed by atoms with Crippen molar-refractivity contribution >= 4 is 28.2 Å². The lowest BCUT2D eigenvalue weighted by Gasteiger charge is -2.30. The Morgan fingerprint density at radius 2 is 2.04 bits per heavy atom. The van der Waals surface area contributed by atoms with E-state index in [9.17, 15) is 4.79 Å². The van der Waals surface area contributed by atoms with Crippen molar-refractivity contribution in [1.29, 1.82) is 0 Å². The number of hydrogen-bond acceptors (Lipinski definition) is 5. The maximum Gasteiger partial charge on any atom is 0.276 e. The number of para-hydroxylation sites is 2. The summed E-state index contributed by atoms with van der Waals surface area (Å²) in [6, 6.07) is 9.57. The maximum absolute atomic E-state index is 12.7. The highest BCUT2D eigenvalue weighted by Crippen LogP contribution is 2.27. The van der Waals surface area contributed by atoms with Crippen LogP contribution in [0.4, 0.5) is 11.4 Å². The second kappa shape index (κ2) is 6.29. The molecule has 0 unspecified atom stereocenters. The molecule has 0 bridgehead atoms. The van der Waals surface area contributed by atoms with Crippen LogP contribution >= 0.6 is 0 Å². The van der Waals surface area contributed by atoms with Crippen LogP contribution < -0.4 is 10.2 Å². The standard InChI is InChI=1S/C17H17N5O2/c23-17(16-12-11-18-6-5-13(12)20-21-16)19-14-3-1-2-4-15(14)22-7-9-24-10-8-22/h1-6,11H,7-10H2,(H,19,23)(H,20,21).